The molecule has 4 rings (SSSR count). The summed E-state index contributed by atoms with van der Waals surface area (Å²) in [5.41, 5.74) is 1.01. The average Bonchev–Trinajstić information content (AvgIpc) is 2.84. The monoisotopic (exact) mass is 426 g/mol. The zero-order valence-corrected chi connectivity index (χ0v) is 17.7. The van der Waals surface area contributed by atoms with Gasteiger partial charge in [-0.05, 0) is 12.1 Å². The maximum atomic E-state index is 12.3. The molecule has 0 aromatic carbocycles. The van der Waals surface area contributed by atoms with Crippen molar-refractivity contribution in [2.24, 2.45) is 0 Å². The number of rotatable bonds is 7. The van der Waals surface area contributed by atoms with Gasteiger partial charge in [0.15, 0.2) is 0 Å². The summed E-state index contributed by atoms with van der Waals surface area (Å²) in [5.74, 6) is 1.71. The Labute approximate surface area is 182 Å². The van der Waals surface area contributed by atoms with Crippen molar-refractivity contribution in [2.75, 3.05) is 75.4 Å². The summed E-state index contributed by atoms with van der Waals surface area (Å²) >= 11 is 0. The van der Waals surface area contributed by atoms with Crippen LogP contribution in [0.3, 0.4) is 0 Å². The zero-order valence-electron chi connectivity index (χ0n) is 17.7. The van der Waals surface area contributed by atoms with Crippen LogP contribution in [0.15, 0.2) is 36.8 Å². The third-order valence-electron chi connectivity index (χ3n) is 5.54. The minimum Gasteiger partial charge on any atom is -0.378 e. The van der Waals surface area contributed by atoms with Gasteiger partial charge in [0.2, 0.25) is 5.95 Å². The van der Waals surface area contributed by atoms with Crippen LogP contribution in [0, 0.1) is 0 Å². The van der Waals surface area contributed by atoms with E-state index in [2.05, 4.69) is 40.3 Å². The molecule has 0 aliphatic carbocycles. The van der Waals surface area contributed by atoms with Gasteiger partial charge in [-0.2, -0.15) is 0 Å². The molecule has 2 fully saturated rings. The number of nitrogens with zero attached hydrogens (tertiary/aromatic N) is 6. The molecule has 0 atom stereocenters. The number of piperazine rings is 1. The predicted octanol–water partition coefficient (Wildman–Crippen LogP) is 0.330. The number of carbonyl (C=O) groups is 1. The van der Waals surface area contributed by atoms with Crippen LogP contribution in [0.25, 0.3) is 0 Å². The Hall–Kier alpha value is -2.98. The summed E-state index contributed by atoms with van der Waals surface area (Å²) < 4.78 is 5.42. The highest BCUT2D eigenvalue weighted by atomic mass is 16.5. The average molecular weight is 427 g/mol. The van der Waals surface area contributed by atoms with E-state index in [0.717, 1.165) is 63.1 Å². The topological polar surface area (TPSA) is 98.8 Å². The standard InChI is InChI=1S/C21H30N8O2/c30-21(26-17-18-3-1-4-22-19(18)28-13-15-31-16-14-28)25-7-8-27-9-11-29(12-10-27)20-23-5-2-6-24-20/h1-6H,7-17H2,(H2,25,26,30). The van der Waals surface area contributed by atoms with Crippen molar-refractivity contribution in [3.63, 3.8) is 0 Å². The van der Waals surface area contributed by atoms with Crippen molar-refractivity contribution in [1.82, 2.24) is 30.5 Å². The van der Waals surface area contributed by atoms with Crippen molar-refractivity contribution in [1.29, 1.82) is 0 Å². The van der Waals surface area contributed by atoms with Gasteiger partial charge in [-0.3, -0.25) is 4.90 Å². The van der Waals surface area contributed by atoms with Crippen LogP contribution >= 0.6 is 0 Å². The Kier molecular flexibility index (Phi) is 7.46. The van der Waals surface area contributed by atoms with Gasteiger partial charge in [0.05, 0.1) is 13.2 Å². The quantitative estimate of drug-likeness (QED) is 0.654. The van der Waals surface area contributed by atoms with Crippen LogP contribution in [-0.4, -0.2) is 91.5 Å². The van der Waals surface area contributed by atoms with Crippen molar-refractivity contribution in [3.8, 4) is 0 Å². The number of carbonyl (C=O) groups excluding carboxylic acids is 1. The number of urea groups is 1. The van der Waals surface area contributed by atoms with Crippen LogP contribution in [0.2, 0.25) is 0 Å². The maximum absolute atomic E-state index is 12.3. The number of morpholine rings is 1. The lowest BCUT2D eigenvalue weighted by molar-refractivity contribution is 0.122. The first kappa shape index (κ1) is 21.3. The minimum atomic E-state index is -0.159. The molecule has 2 aromatic heterocycles. The fourth-order valence-corrected chi connectivity index (χ4v) is 3.82. The number of hydrogen-bond donors (Lipinski definition) is 2. The highest BCUT2D eigenvalue weighted by Crippen LogP contribution is 2.18. The first-order chi connectivity index (χ1) is 15.3. The SMILES string of the molecule is O=C(NCCN1CCN(c2ncccn2)CC1)NCc1cccnc1N1CCOCC1. The van der Waals surface area contributed by atoms with Crippen LogP contribution < -0.4 is 20.4 Å². The maximum Gasteiger partial charge on any atom is 0.315 e. The number of ether oxygens (including phenoxy) is 1. The highest BCUT2D eigenvalue weighted by Gasteiger charge is 2.19. The summed E-state index contributed by atoms with van der Waals surface area (Å²) in [6.07, 6.45) is 5.33. The molecule has 0 bridgehead atoms. The summed E-state index contributed by atoms with van der Waals surface area (Å²) in [4.78, 5) is 32.1. The summed E-state index contributed by atoms with van der Waals surface area (Å²) in [7, 11) is 0. The van der Waals surface area contributed by atoms with Crippen molar-refractivity contribution in [3.05, 3.63) is 42.4 Å². The number of anilines is 2. The molecule has 10 heteroatoms. The molecule has 166 valence electrons. The van der Waals surface area contributed by atoms with E-state index in [1.54, 1.807) is 18.6 Å². The van der Waals surface area contributed by atoms with Gasteiger partial charge >= 0.3 is 6.03 Å². The van der Waals surface area contributed by atoms with E-state index in [-0.39, 0.29) is 6.03 Å². The Morgan fingerprint density at radius 3 is 2.42 bits per heavy atom. The van der Waals surface area contributed by atoms with Crippen LogP contribution in [0.1, 0.15) is 5.56 Å². The molecule has 31 heavy (non-hydrogen) atoms. The molecule has 10 nitrogen and oxygen atoms in total. The normalized spacial score (nSPS) is 17.4. The van der Waals surface area contributed by atoms with E-state index < -0.39 is 0 Å². The van der Waals surface area contributed by atoms with Crippen molar-refractivity contribution < 1.29 is 9.53 Å². The van der Waals surface area contributed by atoms with Gasteiger partial charge < -0.3 is 25.2 Å². The molecule has 0 saturated carbocycles. The molecule has 2 amide bonds. The molecule has 4 heterocycles. The molecule has 0 radical (unpaired) electrons. The van der Waals surface area contributed by atoms with E-state index in [9.17, 15) is 4.79 Å². The van der Waals surface area contributed by atoms with Crippen molar-refractivity contribution in [2.45, 2.75) is 6.54 Å². The van der Waals surface area contributed by atoms with Gasteiger partial charge in [0, 0.05) is 83.1 Å². The molecule has 0 spiro atoms. The Balaban J connectivity index is 1.16. The second kappa shape index (κ2) is 10.9. The fraction of sp³-hybridized carbons (Fsp3) is 0.524. The Morgan fingerprint density at radius 1 is 0.903 bits per heavy atom. The fourth-order valence-electron chi connectivity index (χ4n) is 3.82. The zero-order chi connectivity index (χ0) is 21.3. The number of aromatic nitrogens is 3. The van der Waals surface area contributed by atoms with Gasteiger partial charge in [0.1, 0.15) is 5.82 Å². The Morgan fingerprint density at radius 2 is 1.65 bits per heavy atom. The summed E-state index contributed by atoms with van der Waals surface area (Å²) in [5, 5.41) is 5.91. The van der Waals surface area contributed by atoms with E-state index in [1.165, 1.54) is 0 Å². The number of amides is 2. The third kappa shape index (κ3) is 6.02. The lowest BCUT2D eigenvalue weighted by atomic mass is 10.2. The molecular weight excluding hydrogens is 396 g/mol. The first-order valence-electron chi connectivity index (χ1n) is 10.8. The van der Waals surface area contributed by atoms with Gasteiger partial charge in [0.25, 0.3) is 0 Å². The van der Waals surface area contributed by atoms with Crippen LogP contribution in [-0.2, 0) is 11.3 Å². The van der Waals surface area contributed by atoms with Crippen molar-refractivity contribution >= 4 is 17.8 Å². The molecular formula is C21H30N8O2. The van der Waals surface area contributed by atoms with Gasteiger partial charge in [-0.25, -0.2) is 19.7 Å². The van der Waals surface area contributed by atoms with Gasteiger partial charge in [-0.15, -0.1) is 0 Å². The van der Waals surface area contributed by atoms with E-state index in [1.807, 2.05) is 18.2 Å². The van der Waals surface area contributed by atoms with E-state index >= 15 is 0 Å². The number of hydrogen-bond acceptors (Lipinski definition) is 8. The predicted molar refractivity (Wildman–Crippen MR) is 118 cm³/mol. The first-order valence-corrected chi connectivity index (χ1v) is 10.8. The summed E-state index contributed by atoms with van der Waals surface area (Å²) in [6.45, 7) is 8.57. The van der Waals surface area contributed by atoms with E-state index in [0.29, 0.717) is 26.3 Å². The lowest BCUT2D eigenvalue weighted by Gasteiger charge is -2.34. The molecule has 0 unspecified atom stereocenters. The third-order valence-corrected chi connectivity index (χ3v) is 5.54. The minimum absolute atomic E-state index is 0.159. The molecule has 2 aromatic rings. The van der Waals surface area contributed by atoms with Crippen LogP contribution in [0.4, 0.5) is 16.6 Å². The number of pyridine rings is 1. The van der Waals surface area contributed by atoms with Crippen LogP contribution in [0.5, 0.6) is 0 Å². The second-order valence-electron chi connectivity index (χ2n) is 7.57. The highest BCUT2D eigenvalue weighted by molar-refractivity contribution is 5.74. The second-order valence-corrected chi connectivity index (χ2v) is 7.57. The molecule has 2 saturated heterocycles. The van der Waals surface area contributed by atoms with E-state index in [4.69, 9.17) is 4.74 Å². The Bertz CT molecular complexity index is 823. The van der Waals surface area contributed by atoms with Gasteiger partial charge in [-0.1, -0.05) is 6.07 Å². The molecule has 2 aliphatic heterocycles. The molecule has 2 N–H and O–H groups in total. The summed E-state index contributed by atoms with van der Waals surface area (Å²) in [6, 6.07) is 5.58. The largest absolute Gasteiger partial charge is 0.378 e. The molecule has 2 aliphatic rings. The number of nitrogens with one attached hydrogen (secondary N) is 2. The lowest BCUT2D eigenvalue weighted by Crippen LogP contribution is -2.49. The smallest absolute Gasteiger partial charge is 0.315 e.